The van der Waals surface area contributed by atoms with Gasteiger partial charge in [0.05, 0.1) is 24.6 Å². The molecule has 0 fully saturated rings. The van der Waals surface area contributed by atoms with E-state index in [1.165, 1.54) is 18.3 Å². The molecule has 0 bridgehead atoms. The Labute approximate surface area is 169 Å². The van der Waals surface area contributed by atoms with Crippen LogP contribution in [0.5, 0.6) is 17.2 Å². The SMILES string of the molecule is COc1ccc(Oc2ccc(C)cc2C(=O)Nc2ccc(C(=O)O)nc2)c(P)c1. The van der Waals surface area contributed by atoms with Gasteiger partial charge in [0.1, 0.15) is 22.9 Å². The summed E-state index contributed by atoms with van der Waals surface area (Å²) in [6.07, 6.45) is 1.29. The Hall–Kier alpha value is -3.44. The summed E-state index contributed by atoms with van der Waals surface area (Å²) in [5.41, 5.74) is 1.51. The molecule has 1 unspecified atom stereocenters. The van der Waals surface area contributed by atoms with E-state index in [0.717, 1.165) is 10.9 Å². The first kappa shape index (κ1) is 20.3. The lowest BCUT2D eigenvalue weighted by molar-refractivity contribution is 0.0690. The van der Waals surface area contributed by atoms with Gasteiger partial charge in [-0.25, -0.2) is 9.78 Å². The molecule has 1 amide bonds. The lowest BCUT2D eigenvalue weighted by atomic mass is 10.1. The van der Waals surface area contributed by atoms with Crippen LogP contribution in [0.3, 0.4) is 0 Å². The van der Waals surface area contributed by atoms with Crippen molar-refractivity contribution in [1.82, 2.24) is 4.98 Å². The Balaban J connectivity index is 1.86. The molecule has 8 heteroatoms. The van der Waals surface area contributed by atoms with Crippen LogP contribution < -0.4 is 20.1 Å². The molecule has 1 aromatic heterocycles. The average molecular weight is 410 g/mol. The smallest absolute Gasteiger partial charge is 0.354 e. The zero-order chi connectivity index (χ0) is 21.0. The van der Waals surface area contributed by atoms with Gasteiger partial charge < -0.3 is 19.9 Å². The third-order valence-corrected chi connectivity index (χ3v) is 4.51. The Morgan fingerprint density at radius 2 is 1.83 bits per heavy atom. The molecule has 3 rings (SSSR count). The maximum Gasteiger partial charge on any atom is 0.354 e. The van der Waals surface area contributed by atoms with Crippen LogP contribution in [0.25, 0.3) is 0 Å². The summed E-state index contributed by atoms with van der Waals surface area (Å²) < 4.78 is 11.2. The van der Waals surface area contributed by atoms with E-state index >= 15 is 0 Å². The summed E-state index contributed by atoms with van der Waals surface area (Å²) in [5.74, 6) is 0.122. The highest BCUT2D eigenvalue weighted by Crippen LogP contribution is 2.28. The standard InChI is InChI=1S/C21H19N2O5P/c1-12-3-7-17(28-18-8-5-14(27-2)10-19(18)29)15(9-12)20(24)23-13-4-6-16(21(25)26)22-11-13/h3-11H,29H2,1-2H3,(H,23,24)(H,25,26). The number of benzene rings is 2. The van der Waals surface area contributed by atoms with Crippen LogP contribution in [0.1, 0.15) is 26.4 Å². The van der Waals surface area contributed by atoms with Crippen molar-refractivity contribution in [2.24, 2.45) is 0 Å². The number of ether oxygens (including phenoxy) is 2. The molecule has 3 aromatic rings. The van der Waals surface area contributed by atoms with Gasteiger partial charge in [0.25, 0.3) is 5.91 Å². The Bertz CT molecular complexity index is 1070. The number of methoxy groups -OCH3 is 1. The number of carboxylic acids is 1. The zero-order valence-electron chi connectivity index (χ0n) is 15.8. The van der Waals surface area contributed by atoms with Crippen molar-refractivity contribution in [1.29, 1.82) is 0 Å². The summed E-state index contributed by atoms with van der Waals surface area (Å²) in [5, 5.41) is 12.4. The van der Waals surface area contributed by atoms with E-state index in [-0.39, 0.29) is 5.69 Å². The average Bonchev–Trinajstić information content (AvgIpc) is 2.71. The number of rotatable bonds is 6. The van der Waals surface area contributed by atoms with Crippen molar-refractivity contribution in [3.63, 3.8) is 0 Å². The maximum atomic E-state index is 12.8. The largest absolute Gasteiger partial charge is 0.497 e. The van der Waals surface area contributed by atoms with Gasteiger partial charge in [0.2, 0.25) is 0 Å². The number of carboxylic acid groups (broad SMARTS) is 1. The molecule has 0 aliphatic carbocycles. The molecule has 7 nitrogen and oxygen atoms in total. The molecule has 0 saturated carbocycles. The summed E-state index contributed by atoms with van der Waals surface area (Å²) >= 11 is 0. The van der Waals surface area contributed by atoms with Crippen molar-refractivity contribution < 1.29 is 24.2 Å². The highest BCUT2D eigenvalue weighted by molar-refractivity contribution is 7.27. The minimum absolute atomic E-state index is 0.102. The van der Waals surface area contributed by atoms with Crippen LogP contribution in [-0.2, 0) is 0 Å². The summed E-state index contributed by atoms with van der Waals surface area (Å²) in [6.45, 7) is 1.87. The normalized spacial score (nSPS) is 10.3. The van der Waals surface area contributed by atoms with E-state index in [0.29, 0.717) is 28.5 Å². The van der Waals surface area contributed by atoms with Gasteiger partial charge in [-0.2, -0.15) is 0 Å². The monoisotopic (exact) mass is 410 g/mol. The van der Waals surface area contributed by atoms with Gasteiger partial charge in [-0.05, 0) is 49.4 Å². The van der Waals surface area contributed by atoms with E-state index < -0.39 is 11.9 Å². The van der Waals surface area contributed by atoms with Crippen molar-refractivity contribution in [3.05, 3.63) is 71.5 Å². The molecular weight excluding hydrogens is 391 g/mol. The number of amides is 1. The maximum absolute atomic E-state index is 12.8. The molecule has 0 aliphatic heterocycles. The number of pyridine rings is 1. The molecule has 2 N–H and O–H groups in total. The van der Waals surface area contributed by atoms with Gasteiger partial charge in [0, 0.05) is 5.30 Å². The number of carbonyl (C=O) groups excluding carboxylic acids is 1. The topological polar surface area (TPSA) is 97.8 Å². The molecule has 0 saturated heterocycles. The van der Waals surface area contributed by atoms with E-state index in [1.54, 1.807) is 31.4 Å². The van der Waals surface area contributed by atoms with E-state index in [4.69, 9.17) is 14.6 Å². The van der Waals surface area contributed by atoms with E-state index in [9.17, 15) is 9.59 Å². The lowest BCUT2D eigenvalue weighted by Crippen LogP contribution is -2.14. The number of anilines is 1. The minimum atomic E-state index is -1.13. The number of aromatic carboxylic acids is 1. The predicted molar refractivity (Wildman–Crippen MR) is 113 cm³/mol. The van der Waals surface area contributed by atoms with Gasteiger partial charge in [-0.15, -0.1) is 9.24 Å². The molecule has 0 aliphatic rings. The second-order valence-electron chi connectivity index (χ2n) is 6.20. The molecule has 1 heterocycles. The highest BCUT2D eigenvalue weighted by Gasteiger charge is 2.16. The third-order valence-electron chi connectivity index (χ3n) is 4.06. The fourth-order valence-corrected chi connectivity index (χ4v) is 2.89. The summed E-state index contributed by atoms with van der Waals surface area (Å²) in [4.78, 5) is 27.5. The fourth-order valence-electron chi connectivity index (χ4n) is 2.57. The highest BCUT2D eigenvalue weighted by atomic mass is 31.0. The van der Waals surface area contributed by atoms with Crippen molar-refractivity contribution >= 4 is 32.1 Å². The lowest BCUT2D eigenvalue weighted by Gasteiger charge is -2.14. The van der Waals surface area contributed by atoms with E-state index in [1.807, 2.05) is 19.1 Å². The molecule has 1 atom stereocenters. The first-order valence-corrected chi connectivity index (χ1v) is 9.18. The zero-order valence-corrected chi connectivity index (χ0v) is 17.0. The van der Waals surface area contributed by atoms with Crippen LogP contribution >= 0.6 is 9.24 Å². The van der Waals surface area contributed by atoms with Gasteiger partial charge in [0.15, 0.2) is 0 Å². The number of aromatic nitrogens is 1. The Kier molecular flexibility index (Phi) is 6.10. The first-order valence-electron chi connectivity index (χ1n) is 8.60. The number of aryl methyl sites for hydroxylation is 1. The molecule has 0 spiro atoms. The van der Waals surface area contributed by atoms with Crippen LogP contribution in [0.4, 0.5) is 5.69 Å². The number of hydrogen-bond acceptors (Lipinski definition) is 5. The quantitative estimate of drug-likeness (QED) is 0.602. The minimum Gasteiger partial charge on any atom is -0.497 e. The second-order valence-corrected chi connectivity index (χ2v) is 6.82. The van der Waals surface area contributed by atoms with Crippen LogP contribution in [0.15, 0.2) is 54.7 Å². The number of nitrogens with zero attached hydrogens (tertiary/aromatic N) is 1. The van der Waals surface area contributed by atoms with Crippen LogP contribution in [0.2, 0.25) is 0 Å². The predicted octanol–water partition coefficient (Wildman–Crippen LogP) is 3.64. The molecule has 29 heavy (non-hydrogen) atoms. The number of hydrogen-bond donors (Lipinski definition) is 2. The van der Waals surface area contributed by atoms with Crippen molar-refractivity contribution in [2.45, 2.75) is 6.92 Å². The summed E-state index contributed by atoms with van der Waals surface area (Å²) in [6, 6.07) is 13.4. The van der Waals surface area contributed by atoms with Crippen molar-refractivity contribution in [2.75, 3.05) is 12.4 Å². The molecule has 2 aromatic carbocycles. The third kappa shape index (κ3) is 4.89. The molecule has 0 radical (unpaired) electrons. The van der Waals surface area contributed by atoms with Gasteiger partial charge in [-0.1, -0.05) is 11.6 Å². The molecule has 148 valence electrons. The first-order chi connectivity index (χ1) is 13.9. The Morgan fingerprint density at radius 3 is 2.45 bits per heavy atom. The second kappa shape index (κ2) is 8.71. The van der Waals surface area contributed by atoms with Crippen LogP contribution in [0, 0.1) is 6.92 Å². The van der Waals surface area contributed by atoms with E-state index in [2.05, 4.69) is 19.5 Å². The van der Waals surface area contributed by atoms with Gasteiger partial charge >= 0.3 is 5.97 Å². The number of carbonyl (C=O) groups is 2. The van der Waals surface area contributed by atoms with Gasteiger partial charge in [-0.3, -0.25) is 4.79 Å². The summed E-state index contributed by atoms with van der Waals surface area (Å²) in [7, 11) is 4.16. The van der Waals surface area contributed by atoms with Crippen molar-refractivity contribution in [3.8, 4) is 17.2 Å². The fraction of sp³-hybridized carbons (Fsp3) is 0.0952. The number of nitrogens with one attached hydrogen (secondary N) is 1. The van der Waals surface area contributed by atoms with Crippen LogP contribution in [-0.4, -0.2) is 29.1 Å². The molecular formula is C21H19N2O5P. The Morgan fingerprint density at radius 1 is 1.07 bits per heavy atom.